The zero-order chi connectivity index (χ0) is 18.5. The van der Waals surface area contributed by atoms with Crippen LogP contribution in [0.4, 0.5) is 0 Å². The molecule has 0 unspecified atom stereocenters. The van der Waals surface area contributed by atoms with Crippen molar-refractivity contribution in [3.8, 4) is 0 Å². The van der Waals surface area contributed by atoms with Crippen LogP contribution in [-0.2, 0) is 29.1 Å². The van der Waals surface area contributed by atoms with E-state index in [1.54, 1.807) is 0 Å². The quantitative estimate of drug-likeness (QED) is 0.826. The molecule has 0 bridgehead atoms. The van der Waals surface area contributed by atoms with Crippen molar-refractivity contribution in [1.29, 1.82) is 0 Å². The maximum Gasteiger partial charge on any atom is 0.237 e. The molecule has 7 nitrogen and oxygen atoms in total. The Morgan fingerprint density at radius 3 is 2.69 bits per heavy atom. The second kappa shape index (κ2) is 8.66. The number of carbonyl (C=O) groups excluding carboxylic acids is 2. The van der Waals surface area contributed by atoms with E-state index in [9.17, 15) is 9.59 Å². The van der Waals surface area contributed by atoms with Gasteiger partial charge in [-0.15, -0.1) is 0 Å². The fourth-order valence-electron chi connectivity index (χ4n) is 3.85. The lowest BCUT2D eigenvalue weighted by Crippen LogP contribution is -2.44. The lowest BCUT2D eigenvalue weighted by molar-refractivity contribution is -0.130. The van der Waals surface area contributed by atoms with Crippen molar-refractivity contribution >= 4 is 11.8 Å². The van der Waals surface area contributed by atoms with E-state index < -0.39 is 0 Å². The Labute approximate surface area is 155 Å². The van der Waals surface area contributed by atoms with E-state index in [0.717, 1.165) is 63.4 Å². The number of hydrogen-bond donors (Lipinski definition) is 1. The molecule has 2 aliphatic heterocycles. The van der Waals surface area contributed by atoms with Crippen LogP contribution >= 0.6 is 0 Å². The van der Waals surface area contributed by atoms with Crippen molar-refractivity contribution in [2.75, 3.05) is 26.2 Å². The number of amides is 2. The summed E-state index contributed by atoms with van der Waals surface area (Å²) >= 11 is 0. The Hall–Kier alpha value is -1.89. The van der Waals surface area contributed by atoms with Crippen LogP contribution in [-0.4, -0.2) is 63.6 Å². The summed E-state index contributed by atoms with van der Waals surface area (Å²) in [5.41, 5.74) is 2.13. The summed E-state index contributed by atoms with van der Waals surface area (Å²) in [6.45, 7) is 8.87. The third-order valence-corrected chi connectivity index (χ3v) is 5.43. The molecule has 0 aromatic carbocycles. The SMILES string of the molecule is CCNC(=O)[C@H](C)N1CCCn2nc(CCC(=O)N3CCCC3)cc2C1. The van der Waals surface area contributed by atoms with Crippen LogP contribution in [0.1, 0.15) is 50.9 Å². The number of carbonyl (C=O) groups is 2. The van der Waals surface area contributed by atoms with Gasteiger partial charge in [0.05, 0.1) is 17.4 Å². The molecule has 144 valence electrons. The zero-order valence-electron chi connectivity index (χ0n) is 16.0. The third-order valence-electron chi connectivity index (χ3n) is 5.43. The molecule has 1 N–H and O–H groups in total. The van der Waals surface area contributed by atoms with Gasteiger partial charge in [0.15, 0.2) is 0 Å². The van der Waals surface area contributed by atoms with Gasteiger partial charge < -0.3 is 10.2 Å². The molecule has 3 heterocycles. The van der Waals surface area contributed by atoms with Gasteiger partial charge in [0.25, 0.3) is 0 Å². The number of likely N-dealkylation sites (tertiary alicyclic amines) is 1. The average Bonchev–Trinajstić information content (AvgIpc) is 3.25. The smallest absolute Gasteiger partial charge is 0.237 e. The van der Waals surface area contributed by atoms with Crippen LogP contribution in [0.3, 0.4) is 0 Å². The summed E-state index contributed by atoms with van der Waals surface area (Å²) in [5.74, 6) is 0.328. The molecule has 1 saturated heterocycles. The molecule has 7 heteroatoms. The van der Waals surface area contributed by atoms with E-state index in [1.807, 2.05) is 18.7 Å². The van der Waals surface area contributed by atoms with Gasteiger partial charge in [0, 0.05) is 52.1 Å². The molecule has 1 aromatic heterocycles. The summed E-state index contributed by atoms with van der Waals surface area (Å²) in [4.78, 5) is 28.6. The van der Waals surface area contributed by atoms with Crippen molar-refractivity contribution < 1.29 is 9.59 Å². The van der Waals surface area contributed by atoms with E-state index >= 15 is 0 Å². The van der Waals surface area contributed by atoms with Crippen LogP contribution in [0, 0.1) is 0 Å². The molecule has 1 atom stereocenters. The monoisotopic (exact) mass is 361 g/mol. The summed E-state index contributed by atoms with van der Waals surface area (Å²) < 4.78 is 2.06. The standard InChI is InChI=1S/C19H31N5O2/c1-3-20-19(26)15(2)23-11-6-12-24-17(14-23)13-16(21-24)7-8-18(25)22-9-4-5-10-22/h13,15H,3-12,14H2,1-2H3,(H,20,26)/t15-/m0/s1. The molecule has 2 aliphatic rings. The highest BCUT2D eigenvalue weighted by Crippen LogP contribution is 2.18. The number of nitrogens with one attached hydrogen (secondary N) is 1. The molecule has 2 amide bonds. The van der Waals surface area contributed by atoms with Gasteiger partial charge in [-0.3, -0.25) is 19.2 Å². The van der Waals surface area contributed by atoms with Crippen molar-refractivity contribution in [1.82, 2.24) is 24.9 Å². The molecule has 0 saturated carbocycles. The van der Waals surface area contributed by atoms with E-state index in [2.05, 4.69) is 21.0 Å². The average molecular weight is 361 g/mol. The fourth-order valence-corrected chi connectivity index (χ4v) is 3.85. The highest BCUT2D eigenvalue weighted by atomic mass is 16.2. The normalized spacial score (nSPS) is 19.1. The van der Waals surface area contributed by atoms with Gasteiger partial charge in [0.2, 0.25) is 11.8 Å². The Morgan fingerprint density at radius 2 is 1.96 bits per heavy atom. The van der Waals surface area contributed by atoms with Crippen LogP contribution in [0.5, 0.6) is 0 Å². The first-order chi connectivity index (χ1) is 12.6. The molecule has 0 spiro atoms. The second-order valence-corrected chi connectivity index (χ2v) is 7.33. The van der Waals surface area contributed by atoms with E-state index in [0.29, 0.717) is 19.4 Å². The zero-order valence-corrected chi connectivity index (χ0v) is 16.0. The molecular weight excluding hydrogens is 330 g/mol. The number of nitrogens with zero attached hydrogens (tertiary/aromatic N) is 4. The molecule has 3 rings (SSSR count). The van der Waals surface area contributed by atoms with Gasteiger partial charge in [-0.2, -0.15) is 5.10 Å². The minimum absolute atomic E-state index is 0.0805. The number of aryl methyl sites for hydroxylation is 2. The van der Waals surface area contributed by atoms with Gasteiger partial charge in [-0.25, -0.2) is 0 Å². The van der Waals surface area contributed by atoms with Crippen LogP contribution in [0.2, 0.25) is 0 Å². The number of hydrogen-bond acceptors (Lipinski definition) is 4. The Morgan fingerprint density at radius 1 is 1.19 bits per heavy atom. The Kier molecular flexibility index (Phi) is 6.29. The van der Waals surface area contributed by atoms with Crippen molar-refractivity contribution in [2.24, 2.45) is 0 Å². The minimum atomic E-state index is -0.142. The lowest BCUT2D eigenvalue weighted by atomic mass is 10.2. The molecule has 0 radical (unpaired) electrons. The third kappa shape index (κ3) is 4.44. The summed E-state index contributed by atoms with van der Waals surface area (Å²) in [5, 5.41) is 7.61. The van der Waals surface area contributed by atoms with Gasteiger partial charge in [0.1, 0.15) is 0 Å². The van der Waals surface area contributed by atoms with E-state index in [4.69, 9.17) is 5.10 Å². The maximum atomic E-state index is 12.2. The number of rotatable bonds is 6. The first-order valence-electron chi connectivity index (χ1n) is 9.93. The Balaban J connectivity index is 1.59. The predicted molar refractivity (Wildman–Crippen MR) is 99.5 cm³/mol. The van der Waals surface area contributed by atoms with Crippen LogP contribution in [0.25, 0.3) is 0 Å². The second-order valence-electron chi connectivity index (χ2n) is 7.33. The predicted octanol–water partition coefficient (Wildman–Crippen LogP) is 1.17. The van der Waals surface area contributed by atoms with E-state index in [-0.39, 0.29) is 17.9 Å². The minimum Gasteiger partial charge on any atom is -0.355 e. The summed E-state index contributed by atoms with van der Waals surface area (Å²) in [6, 6.07) is 1.97. The van der Waals surface area contributed by atoms with Crippen molar-refractivity contribution in [3.05, 3.63) is 17.5 Å². The molecule has 26 heavy (non-hydrogen) atoms. The molecular formula is C19H31N5O2. The van der Waals surface area contributed by atoms with Gasteiger partial charge in [-0.1, -0.05) is 0 Å². The highest BCUT2D eigenvalue weighted by Gasteiger charge is 2.25. The number of fused-ring (bicyclic) bond motifs is 1. The largest absolute Gasteiger partial charge is 0.355 e. The summed E-state index contributed by atoms with van der Waals surface area (Å²) in [7, 11) is 0. The number of aromatic nitrogens is 2. The Bertz CT molecular complexity index is 636. The first kappa shape index (κ1) is 18.9. The topological polar surface area (TPSA) is 70.5 Å². The van der Waals surface area contributed by atoms with Crippen molar-refractivity contribution in [2.45, 2.75) is 65.1 Å². The highest BCUT2D eigenvalue weighted by molar-refractivity contribution is 5.81. The lowest BCUT2D eigenvalue weighted by Gasteiger charge is -2.26. The molecule has 1 aromatic rings. The van der Waals surface area contributed by atoms with Crippen LogP contribution < -0.4 is 5.32 Å². The molecule has 0 aliphatic carbocycles. The maximum absolute atomic E-state index is 12.2. The van der Waals surface area contributed by atoms with E-state index in [1.165, 1.54) is 0 Å². The summed E-state index contributed by atoms with van der Waals surface area (Å²) in [6.07, 6.45) is 4.47. The fraction of sp³-hybridized carbons (Fsp3) is 0.737. The first-order valence-corrected chi connectivity index (χ1v) is 9.93. The van der Waals surface area contributed by atoms with Crippen molar-refractivity contribution in [3.63, 3.8) is 0 Å². The van der Waals surface area contributed by atoms with Gasteiger partial charge >= 0.3 is 0 Å². The number of likely N-dealkylation sites (N-methyl/N-ethyl adjacent to an activating group) is 1. The molecule has 1 fully saturated rings. The van der Waals surface area contributed by atoms with Gasteiger partial charge in [-0.05, 0) is 39.2 Å². The van der Waals surface area contributed by atoms with Crippen LogP contribution in [0.15, 0.2) is 6.07 Å².